The van der Waals surface area contributed by atoms with Gasteiger partial charge in [0, 0.05) is 17.7 Å². The number of fused-ring (bicyclic) bond motifs is 1. The van der Waals surface area contributed by atoms with Gasteiger partial charge in [0.15, 0.2) is 11.6 Å². The molecule has 5 N–H and O–H groups in total. The predicted molar refractivity (Wildman–Crippen MR) is 95.6 cm³/mol. The Morgan fingerprint density at radius 3 is 2.43 bits per heavy atom. The number of nitrogens with two attached hydrogens (primary N) is 2. The number of halogens is 6. The molecule has 0 fully saturated rings. The summed E-state index contributed by atoms with van der Waals surface area (Å²) in [5.41, 5.74) is 3.53. The van der Waals surface area contributed by atoms with E-state index >= 15 is 0 Å². The summed E-state index contributed by atoms with van der Waals surface area (Å²) < 4.78 is 73.5. The van der Waals surface area contributed by atoms with Crippen LogP contribution in [0.15, 0.2) is 18.2 Å². The van der Waals surface area contributed by atoms with Crippen LogP contribution in [0.1, 0.15) is 18.2 Å². The van der Waals surface area contributed by atoms with Crippen molar-refractivity contribution in [2.45, 2.75) is 24.1 Å². The van der Waals surface area contributed by atoms with Gasteiger partial charge in [-0.1, -0.05) is 11.6 Å². The fourth-order valence-electron chi connectivity index (χ4n) is 3.05. The highest BCUT2D eigenvalue weighted by atomic mass is 35.5. The number of rotatable bonds is 4. The number of alkyl halides is 3. The van der Waals surface area contributed by atoms with Crippen LogP contribution in [-0.4, -0.2) is 35.3 Å². The third-order valence-electron chi connectivity index (χ3n) is 5.07. The fourth-order valence-corrected chi connectivity index (χ4v) is 3.29. The Hall–Kier alpha value is -2.50. The molecule has 0 unspecified atom stereocenters. The summed E-state index contributed by atoms with van der Waals surface area (Å²) >= 11 is 5.96. The van der Waals surface area contributed by atoms with E-state index in [1.165, 1.54) is 6.92 Å². The fraction of sp³-hybridized carbons (Fsp3) is 0.333. The molecule has 0 spiro atoms. The molecular weight excluding hydrogens is 437 g/mol. The Kier molecular flexibility index (Phi) is 5.20. The van der Waals surface area contributed by atoms with Crippen molar-refractivity contribution in [3.8, 4) is 17.0 Å². The lowest BCUT2D eigenvalue weighted by molar-refractivity contribution is -0.263. The van der Waals surface area contributed by atoms with E-state index in [4.69, 9.17) is 27.8 Å². The Bertz CT molecular complexity index is 1050. The van der Waals surface area contributed by atoms with Crippen LogP contribution in [0.25, 0.3) is 11.3 Å². The monoisotopic (exact) mass is 451 g/mol. The predicted octanol–water partition coefficient (Wildman–Crippen LogP) is 2.52. The molecule has 30 heavy (non-hydrogen) atoms. The number of carbonyl (C=O) groups is 1. The van der Waals surface area contributed by atoms with Crippen molar-refractivity contribution in [1.29, 1.82) is 0 Å². The summed E-state index contributed by atoms with van der Waals surface area (Å²) in [5, 5.41) is 9.88. The maximum Gasteiger partial charge on any atom is 0.424 e. The molecular formula is C18H15ClF5N3O3. The molecule has 2 atom stereocenters. The minimum absolute atomic E-state index is 0.132. The van der Waals surface area contributed by atoms with Gasteiger partial charge in [-0.15, -0.1) is 0 Å². The molecule has 0 aliphatic carbocycles. The number of carbonyl (C=O) groups excluding carboxylic acids is 1. The topological polar surface area (TPSA) is 111 Å². The summed E-state index contributed by atoms with van der Waals surface area (Å²) in [6.45, 7) is -0.345. The van der Waals surface area contributed by atoms with E-state index in [0.29, 0.717) is 12.1 Å². The third kappa shape index (κ3) is 3.17. The van der Waals surface area contributed by atoms with Crippen molar-refractivity contribution in [2.24, 2.45) is 11.5 Å². The normalized spacial score (nSPS) is 20.4. The standard InChI is InChI=1S/C18H15ClF5N3O3/c1-16(15(26)28)6-30-14-8(16)3-12(17(29,5-25)18(22,23)24)27-13(14)7-2-10(20)11(21)4-9(7)19/h2-4,29H,5-6,25H2,1H3,(H2,26,28)/t16-,17-/m0/s1. The quantitative estimate of drug-likeness (QED) is 0.488. The van der Waals surface area contributed by atoms with Crippen LogP contribution < -0.4 is 16.2 Å². The van der Waals surface area contributed by atoms with Crippen LogP contribution in [0.2, 0.25) is 5.02 Å². The van der Waals surface area contributed by atoms with Crippen molar-refractivity contribution in [2.75, 3.05) is 13.2 Å². The highest BCUT2D eigenvalue weighted by molar-refractivity contribution is 6.33. The smallest absolute Gasteiger partial charge is 0.424 e. The SMILES string of the molecule is C[C@]1(C(N)=O)COc2c1cc([C@@](O)(CN)C(F)(F)F)nc2-c1cc(F)c(F)cc1Cl. The van der Waals surface area contributed by atoms with Gasteiger partial charge in [0.25, 0.3) is 0 Å². The molecule has 0 bridgehead atoms. The molecule has 1 aromatic carbocycles. The van der Waals surface area contributed by atoms with E-state index in [0.717, 1.165) is 6.07 Å². The average Bonchev–Trinajstić information content (AvgIpc) is 3.01. The first-order valence-electron chi connectivity index (χ1n) is 8.39. The van der Waals surface area contributed by atoms with E-state index in [9.17, 15) is 31.9 Å². The number of ether oxygens (including phenoxy) is 1. The van der Waals surface area contributed by atoms with Crippen molar-refractivity contribution >= 4 is 17.5 Å². The zero-order chi connectivity index (χ0) is 22.6. The number of amides is 1. The molecule has 2 aromatic rings. The third-order valence-corrected chi connectivity index (χ3v) is 5.38. The second-order valence-electron chi connectivity index (χ2n) is 7.03. The number of primary amides is 1. The zero-order valence-corrected chi connectivity index (χ0v) is 16.0. The maximum atomic E-state index is 13.8. The molecule has 0 radical (unpaired) electrons. The molecule has 2 heterocycles. The van der Waals surface area contributed by atoms with E-state index in [2.05, 4.69) is 4.98 Å². The number of hydrogen-bond donors (Lipinski definition) is 3. The number of aromatic nitrogens is 1. The average molecular weight is 452 g/mol. The molecule has 0 saturated carbocycles. The number of pyridine rings is 1. The number of nitrogens with zero attached hydrogens (tertiary/aromatic N) is 1. The lowest BCUT2D eigenvalue weighted by atomic mass is 9.82. The van der Waals surface area contributed by atoms with E-state index in [1.54, 1.807) is 0 Å². The maximum absolute atomic E-state index is 13.8. The van der Waals surface area contributed by atoms with E-state index in [-0.39, 0.29) is 28.5 Å². The first kappa shape index (κ1) is 22.2. The van der Waals surface area contributed by atoms with Crippen LogP contribution in [-0.2, 0) is 15.8 Å². The molecule has 1 aromatic heterocycles. The minimum atomic E-state index is -5.25. The second-order valence-corrected chi connectivity index (χ2v) is 7.43. The van der Waals surface area contributed by atoms with Gasteiger partial charge in [-0.3, -0.25) is 4.79 Å². The van der Waals surface area contributed by atoms with Gasteiger partial charge in [-0.2, -0.15) is 13.2 Å². The van der Waals surface area contributed by atoms with E-state index in [1.807, 2.05) is 0 Å². The summed E-state index contributed by atoms with van der Waals surface area (Å²) in [5.74, 6) is -3.78. The van der Waals surface area contributed by atoms with Crippen LogP contribution in [0.5, 0.6) is 5.75 Å². The summed E-state index contributed by atoms with van der Waals surface area (Å²) in [4.78, 5) is 15.8. The lowest BCUT2D eigenvalue weighted by Crippen LogP contribution is -2.49. The van der Waals surface area contributed by atoms with Gasteiger partial charge in [-0.25, -0.2) is 13.8 Å². The van der Waals surface area contributed by atoms with Crippen LogP contribution in [0.3, 0.4) is 0 Å². The van der Waals surface area contributed by atoms with Gasteiger partial charge in [0.2, 0.25) is 11.5 Å². The molecule has 0 saturated heterocycles. The second kappa shape index (κ2) is 7.03. The molecule has 1 aliphatic heterocycles. The summed E-state index contributed by atoms with van der Waals surface area (Å²) in [6, 6.07) is 2.03. The largest absolute Gasteiger partial charge is 0.489 e. The first-order valence-corrected chi connectivity index (χ1v) is 8.77. The van der Waals surface area contributed by atoms with Crippen molar-refractivity contribution in [3.05, 3.63) is 46.1 Å². The number of benzene rings is 1. The highest BCUT2D eigenvalue weighted by Gasteiger charge is 2.56. The van der Waals surface area contributed by atoms with Crippen molar-refractivity contribution < 1.29 is 36.6 Å². The van der Waals surface area contributed by atoms with Crippen LogP contribution >= 0.6 is 11.6 Å². The van der Waals surface area contributed by atoms with Gasteiger partial charge in [0.1, 0.15) is 23.5 Å². The van der Waals surface area contributed by atoms with E-state index < -0.39 is 52.7 Å². The minimum Gasteiger partial charge on any atom is -0.489 e. The van der Waals surface area contributed by atoms with Crippen LogP contribution in [0.4, 0.5) is 22.0 Å². The molecule has 3 rings (SSSR count). The molecule has 1 amide bonds. The molecule has 162 valence electrons. The Morgan fingerprint density at radius 2 is 1.90 bits per heavy atom. The van der Waals surface area contributed by atoms with Gasteiger partial charge in [-0.05, 0) is 25.1 Å². The zero-order valence-electron chi connectivity index (χ0n) is 15.3. The molecule has 6 nitrogen and oxygen atoms in total. The Balaban J connectivity index is 2.41. The van der Waals surface area contributed by atoms with Crippen molar-refractivity contribution in [3.63, 3.8) is 0 Å². The Labute approximate surface area is 171 Å². The summed E-state index contributed by atoms with van der Waals surface area (Å²) in [7, 11) is 0. The van der Waals surface area contributed by atoms with Crippen molar-refractivity contribution in [1.82, 2.24) is 4.98 Å². The van der Waals surface area contributed by atoms with Gasteiger partial charge < -0.3 is 21.3 Å². The lowest BCUT2D eigenvalue weighted by Gasteiger charge is -2.30. The number of hydrogen-bond acceptors (Lipinski definition) is 5. The summed E-state index contributed by atoms with van der Waals surface area (Å²) in [6.07, 6.45) is -5.25. The Morgan fingerprint density at radius 1 is 1.30 bits per heavy atom. The first-order chi connectivity index (χ1) is 13.8. The number of aliphatic hydroxyl groups is 1. The van der Waals surface area contributed by atoms with Gasteiger partial charge >= 0.3 is 6.18 Å². The van der Waals surface area contributed by atoms with Gasteiger partial charge in [0.05, 0.1) is 10.7 Å². The van der Waals surface area contributed by atoms with Crippen LogP contribution in [0, 0.1) is 11.6 Å². The highest BCUT2D eigenvalue weighted by Crippen LogP contribution is 2.48. The molecule has 12 heteroatoms. The molecule has 1 aliphatic rings.